The summed E-state index contributed by atoms with van der Waals surface area (Å²) in [6.45, 7) is 0.246. The van der Waals surface area contributed by atoms with Crippen molar-refractivity contribution in [1.29, 1.82) is 0 Å². The molecule has 0 spiro atoms. The Balaban J connectivity index is 2.41. The topological polar surface area (TPSA) is 92.6 Å². The summed E-state index contributed by atoms with van der Waals surface area (Å²) >= 11 is 0. The van der Waals surface area contributed by atoms with Gasteiger partial charge in [-0.3, -0.25) is 4.79 Å². The number of aliphatic hydroxyl groups is 1. The van der Waals surface area contributed by atoms with Crippen LogP contribution in [-0.4, -0.2) is 30.2 Å². The maximum atomic E-state index is 14.2. The molecule has 2 rings (SSSR count). The van der Waals surface area contributed by atoms with Gasteiger partial charge >= 0.3 is 0 Å². The van der Waals surface area contributed by atoms with E-state index in [1.54, 1.807) is 0 Å². The lowest BCUT2D eigenvalue weighted by atomic mass is 10.1. The van der Waals surface area contributed by atoms with Crippen LogP contribution >= 0.6 is 0 Å². The molecule has 0 heterocycles. The van der Waals surface area contributed by atoms with Crippen LogP contribution in [0.25, 0.3) is 0 Å². The van der Waals surface area contributed by atoms with Gasteiger partial charge in [0.15, 0.2) is 0 Å². The summed E-state index contributed by atoms with van der Waals surface area (Å²) in [5.74, 6) is -1.17. The van der Waals surface area contributed by atoms with E-state index in [0.717, 1.165) is 31.7 Å². The molecule has 5 N–H and O–H groups in total. The van der Waals surface area contributed by atoms with Gasteiger partial charge in [-0.1, -0.05) is 12.8 Å². The van der Waals surface area contributed by atoms with E-state index in [2.05, 4.69) is 0 Å². The van der Waals surface area contributed by atoms with Crippen LogP contribution in [0.5, 0.6) is 0 Å². The molecule has 1 aliphatic rings. The number of halogens is 1. The Morgan fingerprint density at radius 2 is 2.05 bits per heavy atom. The van der Waals surface area contributed by atoms with Crippen LogP contribution in [0.2, 0.25) is 0 Å². The number of carbonyl (C=O) groups excluding carboxylic acids is 1. The van der Waals surface area contributed by atoms with Crippen molar-refractivity contribution >= 4 is 17.3 Å². The van der Waals surface area contributed by atoms with Gasteiger partial charge in [0, 0.05) is 18.3 Å². The molecular weight excluding hydrogens is 261 g/mol. The second kappa shape index (κ2) is 6.09. The number of amides is 1. The highest BCUT2D eigenvalue weighted by molar-refractivity contribution is 5.99. The molecule has 6 heteroatoms. The molecule has 0 bridgehead atoms. The van der Waals surface area contributed by atoms with E-state index in [0.29, 0.717) is 6.54 Å². The van der Waals surface area contributed by atoms with Gasteiger partial charge in [-0.05, 0) is 25.0 Å². The van der Waals surface area contributed by atoms with E-state index < -0.39 is 11.7 Å². The Morgan fingerprint density at radius 3 is 2.60 bits per heavy atom. The number of aliphatic hydroxyl groups excluding tert-OH is 1. The molecule has 1 amide bonds. The Morgan fingerprint density at radius 1 is 1.40 bits per heavy atom. The first-order valence-corrected chi connectivity index (χ1v) is 6.81. The summed E-state index contributed by atoms with van der Waals surface area (Å²) in [6.07, 6.45) is 4.09. The highest BCUT2D eigenvalue weighted by atomic mass is 19.1. The fourth-order valence-electron chi connectivity index (χ4n) is 2.83. The lowest BCUT2D eigenvalue weighted by Gasteiger charge is -2.31. The van der Waals surface area contributed by atoms with E-state index in [9.17, 15) is 14.3 Å². The van der Waals surface area contributed by atoms with E-state index in [4.69, 9.17) is 11.5 Å². The van der Waals surface area contributed by atoms with Crippen molar-refractivity contribution in [3.63, 3.8) is 0 Å². The molecule has 20 heavy (non-hydrogen) atoms. The van der Waals surface area contributed by atoms with Crippen molar-refractivity contribution < 1.29 is 14.3 Å². The molecule has 0 aliphatic heterocycles. The fraction of sp³-hybridized carbons (Fsp3) is 0.500. The second-order valence-corrected chi connectivity index (χ2v) is 5.11. The van der Waals surface area contributed by atoms with Gasteiger partial charge in [-0.25, -0.2) is 4.39 Å². The first kappa shape index (κ1) is 14.6. The zero-order chi connectivity index (χ0) is 14.7. The SMILES string of the molecule is NC(=O)c1cc(N(CCO)C2CCCC2)c(F)cc1N. The van der Waals surface area contributed by atoms with Gasteiger partial charge in [-0.15, -0.1) is 0 Å². The molecule has 110 valence electrons. The quantitative estimate of drug-likeness (QED) is 0.708. The molecule has 1 fully saturated rings. The van der Waals surface area contributed by atoms with Crippen LogP contribution in [0.3, 0.4) is 0 Å². The Hall–Kier alpha value is -1.82. The van der Waals surface area contributed by atoms with Gasteiger partial charge in [-0.2, -0.15) is 0 Å². The van der Waals surface area contributed by atoms with Gasteiger partial charge in [0.2, 0.25) is 0 Å². The molecule has 0 aromatic heterocycles. The minimum Gasteiger partial charge on any atom is -0.398 e. The number of rotatable bonds is 5. The average Bonchev–Trinajstić information content (AvgIpc) is 2.90. The number of hydrogen-bond donors (Lipinski definition) is 3. The number of nitrogens with zero attached hydrogens (tertiary/aromatic N) is 1. The van der Waals surface area contributed by atoms with E-state index in [1.165, 1.54) is 6.07 Å². The first-order valence-electron chi connectivity index (χ1n) is 6.81. The Bertz CT molecular complexity index is 501. The van der Waals surface area contributed by atoms with Crippen LogP contribution in [0.15, 0.2) is 12.1 Å². The summed E-state index contributed by atoms with van der Waals surface area (Å²) in [6, 6.07) is 2.69. The normalized spacial score (nSPS) is 15.5. The molecule has 1 aromatic carbocycles. The fourth-order valence-corrected chi connectivity index (χ4v) is 2.83. The highest BCUT2D eigenvalue weighted by Gasteiger charge is 2.25. The molecule has 1 saturated carbocycles. The smallest absolute Gasteiger partial charge is 0.250 e. The number of benzene rings is 1. The minimum absolute atomic E-state index is 0.0362. The van der Waals surface area contributed by atoms with Gasteiger partial charge < -0.3 is 21.5 Å². The molecule has 0 saturated heterocycles. The van der Waals surface area contributed by atoms with Crippen LogP contribution in [0.1, 0.15) is 36.0 Å². The third kappa shape index (κ3) is 2.85. The number of carbonyl (C=O) groups is 1. The second-order valence-electron chi connectivity index (χ2n) is 5.11. The maximum Gasteiger partial charge on any atom is 0.250 e. The molecule has 0 unspecified atom stereocenters. The molecule has 5 nitrogen and oxygen atoms in total. The standard InChI is InChI=1S/C14H20FN3O2/c15-11-8-12(16)10(14(17)20)7-13(11)18(5-6-19)9-3-1-2-4-9/h7-9,19H,1-6,16H2,(H2,17,20). The predicted octanol–water partition coefficient (Wildman–Crippen LogP) is 1.25. The van der Waals surface area contributed by atoms with Gasteiger partial charge in [0.1, 0.15) is 5.82 Å². The Labute approximate surface area is 117 Å². The summed E-state index contributed by atoms with van der Waals surface area (Å²) in [4.78, 5) is 13.2. The Kier molecular flexibility index (Phi) is 4.44. The van der Waals surface area contributed by atoms with E-state index in [-0.39, 0.29) is 29.6 Å². The first-order chi connectivity index (χ1) is 9.54. The lowest BCUT2D eigenvalue weighted by Crippen LogP contribution is -2.36. The largest absolute Gasteiger partial charge is 0.398 e. The van der Waals surface area contributed by atoms with Crippen LogP contribution in [0.4, 0.5) is 15.8 Å². The number of anilines is 2. The van der Waals surface area contributed by atoms with Gasteiger partial charge in [0.05, 0.1) is 17.9 Å². The number of nitrogen functional groups attached to an aromatic ring is 1. The third-order valence-electron chi connectivity index (χ3n) is 3.80. The van der Waals surface area contributed by atoms with E-state index >= 15 is 0 Å². The third-order valence-corrected chi connectivity index (χ3v) is 3.80. The van der Waals surface area contributed by atoms with Crippen molar-refractivity contribution in [2.24, 2.45) is 5.73 Å². The van der Waals surface area contributed by atoms with Crippen LogP contribution in [0, 0.1) is 5.82 Å². The zero-order valence-electron chi connectivity index (χ0n) is 11.3. The average molecular weight is 281 g/mol. The van der Waals surface area contributed by atoms with Crippen LogP contribution in [-0.2, 0) is 0 Å². The molecule has 1 aliphatic carbocycles. The van der Waals surface area contributed by atoms with Gasteiger partial charge in [0.25, 0.3) is 5.91 Å². The van der Waals surface area contributed by atoms with Crippen molar-refractivity contribution in [2.75, 3.05) is 23.8 Å². The van der Waals surface area contributed by atoms with Crippen molar-refractivity contribution in [3.8, 4) is 0 Å². The number of primary amides is 1. The monoisotopic (exact) mass is 281 g/mol. The van der Waals surface area contributed by atoms with Crippen molar-refractivity contribution in [2.45, 2.75) is 31.7 Å². The molecule has 0 atom stereocenters. The minimum atomic E-state index is -0.681. The van der Waals surface area contributed by atoms with Crippen molar-refractivity contribution in [1.82, 2.24) is 0 Å². The maximum absolute atomic E-state index is 14.2. The highest BCUT2D eigenvalue weighted by Crippen LogP contribution is 2.32. The number of hydrogen-bond acceptors (Lipinski definition) is 4. The molecular formula is C14H20FN3O2. The predicted molar refractivity (Wildman–Crippen MR) is 76.0 cm³/mol. The lowest BCUT2D eigenvalue weighted by molar-refractivity contribution is 0.100. The van der Waals surface area contributed by atoms with Crippen LogP contribution < -0.4 is 16.4 Å². The summed E-state index contributed by atoms with van der Waals surface area (Å²) in [7, 11) is 0. The molecule has 0 radical (unpaired) electrons. The number of nitrogens with two attached hydrogens (primary N) is 2. The zero-order valence-corrected chi connectivity index (χ0v) is 11.3. The molecule has 1 aromatic rings. The summed E-state index contributed by atoms with van der Waals surface area (Å²) in [5.41, 5.74) is 11.3. The van der Waals surface area contributed by atoms with Crippen molar-refractivity contribution in [3.05, 3.63) is 23.5 Å². The summed E-state index contributed by atoms with van der Waals surface area (Å²) < 4.78 is 14.2. The van der Waals surface area contributed by atoms with E-state index in [1.807, 2.05) is 4.90 Å². The summed E-state index contributed by atoms with van der Waals surface area (Å²) in [5, 5.41) is 9.20.